The van der Waals surface area contributed by atoms with Gasteiger partial charge in [0.1, 0.15) is 6.04 Å². The maximum Gasteiger partial charge on any atom is 0.336 e. The number of nitrogens with zero attached hydrogens (tertiary/aromatic N) is 1. The molecule has 4 N–H and O–H groups in total. The predicted molar refractivity (Wildman–Crippen MR) is 136 cm³/mol. The second kappa shape index (κ2) is 10.2. The van der Waals surface area contributed by atoms with Crippen LogP contribution in [-0.4, -0.2) is 59.1 Å². The summed E-state index contributed by atoms with van der Waals surface area (Å²) in [6, 6.07) is 16.3. The van der Waals surface area contributed by atoms with Crippen molar-refractivity contribution in [1.29, 1.82) is 0 Å². The Morgan fingerprint density at radius 2 is 1.72 bits per heavy atom. The number of nitrogens with two attached hydrogens (primary N) is 1. The minimum atomic E-state index is -1.14. The molecule has 1 unspecified atom stereocenters. The van der Waals surface area contributed by atoms with E-state index in [-0.39, 0.29) is 12.5 Å². The van der Waals surface area contributed by atoms with Crippen LogP contribution in [0.3, 0.4) is 0 Å². The number of carboxylic acid groups (broad SMARTS) is 1. The maximum atomic E-state index is 13.5. The minimum Gasteiger partial charge on any atom is -0.478 e. The fourth-order valence-electron chi connectivity index (χ4n) is 4.91. The first-order valence-corrected chi connectivity index (χ1v) is 12.2. The lowest BCUT2D eigenvalue weighted by atomic mass is 9.74. The van der Waals surface area contributed by atoms with Crippen LogP contribution in [0, 0.1) is 0 Å². The standard InChI is InChI=1S/C28H33N3O5/c1-27(2,29)26(35)30-23(18-36-17-19-8-4-3-5-9-19)24(32)31-14-12-28(13-15-31)16-21(25(33)34)20-10-6-7-11-22(20)28/h3-11,16,23H,12-15,17-18,29H2,1-2H3,(H,30,35)(H,33,34). The number of allylic oxidation sites excluding steroid dienone is 1. The predicted octanol–water partition coefficient (Wildman–Crippen LogP) is 2.47. The molecular formula is C28H33N3O5. The first-order valence-electron chi connectivity index (χ1n) is 12.2. The van der Waals surface area contributed by atoms with Gasteiger partial charge in [-0.3, -0.25) is 9.59 Å². The molecule has 36 heavy (non-hydrogen) atoms. The molecule has 1 heterocycles. The fourth-order valence-corrected chi connectivity index (χ4v) is 4.91. The number of likely N-dealkylation sites (tertiary alicyclic amines) is 1. The van der Waals surface area contributed by atoms with E-state index in [1.54, 1.807) is 18.7 Å². The molecule has 1 aliphatic heterocycles. The average Bonchev–Trinajstić information content (AvgIpc) is 3.18. The molecule has 1 saturated heterocycles. The Bertz CT molecular complexity index is 1160. The Kier molecular flexibility index (Phi) is 7.28. The van der Waals surface area contributed by atoms with Crippen LogP contribution < -0.4 is 11.1 Å². The van der Waals surface area contributed by atoms with Gasteiger partial charge in [0.2, 0.25) is 11.8 Å². The SMILES string of the molecule is CC(C)(N)C(=O)NC(COCc1ccccc1)C(=O)N1CCC2(C=C(C(=O)O)c3ccccc32)CC1. The van der Waals surface area contributed by atoms with Crippen LogP contribution in [0.1, 0.15) is 43.4 Å². The van der Waals surface area contributed by atoms with Crippen molar-refractivity contribution in [2.45, 2.75) is 50.3 Å². The van der Waals surface area contributed by atoms with Gasteiger partial charge in [0, 0.05) is 18.5 Å². The van der Waals surface area contributed by atoms with Crippen LogP contribution in [0.4, 0.5) is 0 Å². The van der Waals surface area contributed by atoms with Crippen molar-refractivity contribution >= 4 is 23.4 Å². The maximum absolute atomic E-state index is 13.5. The van der Waals surface area contributed by atoms with Gasteiger partial charge in [-0.1, -0.05) is 60.7 Å². The highest BCUT2D eigenvalue weighted by atomic mass is 16.5. The highest BCUT2D eigenvalue weighted by molar-refractivity contribution is 6.17. The zero-order valence-electron chi connectivity index (χ0n) is 20.7. The summed E-state index contributed by atoms with van der Waals surface area (Å²) in [6.07, 6.45) is 3.04. The van der Waals surface area contributed by atoms with Crippen LogP contribution in [0.5, 0.6) is 0 Å². The summed E-state index contributed by atoms with van der Waals surface area (Å²) in [5.74, 6) is -1.61. The first-order chi connectivity index (χ1) is 17.1. The van der Waals surface area contributed by atoms with E-state index in [4.69, 9.17) is 10.5 Å². The van der Waals surface area contributed by atoms with Gasteiger partial charge >= 0.3 is 5.97 Å². The van der Waals surface area contributed by atoms with E-state index < -0.39 is 28.9 Å². The Hall–Kier alpha value is -3.49. The van der Waals surface area contributed by atoms with E-state index in [1.165, 1.54) is 0 Å². The molecule has 2 amide bonds. The molecule has 1 aliphatic carbocycles. The quantitative estimate of drug-likeness (QED) is 0.522. The molecule has 2 aliphatic rings. The average molecular weight is 492 g/mol. The third-order valence-electron chi connectivity index (χ3n) is 6.96. The van der Waals surface area contributed by atoms with E-state index in [2.05, 4.69) is 5.32 Å². The van der Waals surface area contributed by atoms with Gasteiger partial charge in [-0.25, -0.2) is 4.79 Å². The van der Waals surface area contributed by atoms with Gasteiger partial charge < -0.3 is 25.8 Å². The van der Waals surface area contributed by atoms with E-state index in [0.717, 1.165) is 16.7 Å². The lowest BCUT2D eigenvalue weighted by Crippen LogP contribution is -2.59. The zero-order chi connectivity index (χ0) is 25.9. The molecule has 0 saturated carbocycles. The second-order valence-electron chi connectivity index (χ2n) is 10.1. The van der Waals surface area contributed by atoms with Gasteiger partial charge in [-0.05, 0) is 43.4 Å². The van der Waals surface area contributed by atoms with Crippen LogP contribution in [-0.2, 0) is 31.1 Å². The van der Waals surface area contributed by atoms with Crippen LogP contribution in [0.25, 0.3) is 5.57 Å². The van der Waals surface area contributed by atoms with E-state index in [9.17, 15) is 19.5 Å². The van der Waals surface area contributed by atoms with E-state index >= 15 is 0 Å². The summed E-state index contributed by atoms with van der Waals surface area (Å²) in [5.41, 5.74) is 7.42. The van der Waals surface area contributed by atoms with Crippen molar-refractivity contribution in [1.82, 2.24) is 10.2 Å². The number of ether oxygens (including phenoxy) is 1. The molecule has 1 spiro atoms. The summed E-state index contributed by atoms with van der Waals surface area (Å²) >= 11 is 0. The number of piperidine rings is 1. The minimum absolute atomic E-state index is 0.0170. The molecule has 1 fully saturated rings. The summed E-state index contributed by atoms with van der Waals surface area (Å²) in [7, 11) is 0. The van der Waals surface area contributed by atoms with Crippen LogP contribution in [0.2, 0.25) is 0 Å². The summed E-state index contributed by atoms with van der Waals surface area (Å²) in [4.78, 5) is 39.7. The number of carbonyl (C=O) groups is 3. The third kappa shape index (κ3) is 5.34. The monoisotopic (exact) mass is 491 g/mol. The molecular weight excluding hydrogens is 458 g/mol. The Morgan fingerprint density at radius 3 is 2.36 bits per heavy atom. The molecule has 1 atom stereocenters. The van der Waals surface area contributed by atoms with Crippen molar-refractivity contribution in [2.75, 3.05) is 19.7 Å². The molecule has 4 rings (SSSR count). The van der Waals surface area contributed by atoms with Gasteiger partial charge in [0.05, 0.1) is 24.3 Å². The largest absolute Gasteiger partial charge is 0.478 e. The summed E-state index contributed by atoms with van der Waals surface area (Å²) in [6.45, 7) is 4.38. The zero-order valence-corrected chi connectivity index (χ0v) is 20.7. The van der Waals surface area contributed by atoms with Gasteiger partial charge in [0.25, 0.3) is 0 Å². The van der Waals surface area contributed by atoms with Crippen molar-refractivity contribution < 1.29 is 24.2 Å². The van der Waals surface area contributed by atoms with Crippen LogP contribution in [0.15, 0.2) is 60.7 Å². The molecule has 2 aromatic carbocycles. The molecule has 8 nitrogen and oxygen atoms in total. The molecule has 0 radical (unpaired) electrons. The summed E-state index contributed by atoms with van der Waals surface area (Å²) in [5, 5.41) is 12.5. The van der Waals surface area contributed by atoms with Crippen molar-refractivity contribution in [3.63, 3.8) is 0 Å². The number of hydrogen-bond donors (Lipinski definition) is 3. The number of nitrogens with one attached hydrogen (secondary N) is 1. The lowest BCUT2D eigenvalue weighted by molar-refractivity contribution is -0.140. The number of hydrogen-bond acceptors (Lipinski definition) is 5. The Labute approximate surface area is 211 Å². The number of aliphatic carboxylic acids is 1. The normalized spacial score (nSPS) is 17.3. The molecule has 2 aromatic rings. The van der Waals surface area contributed by atoms with Gasteiger partial charge in [0.15, 0.2) is 0 Å². The molecule has 190 valence electrons. The highest BCUT2D eigenvalue weighted by Gasteiger charge is 2.43. The number of benzene rings is 2. The van der Waals surface area contributed by atoms with Crippen molar-refractivity contribution in [2.24, 2.45) is 5.73 Å². The van der Waals surface area contributed by atoms with Crippen molar-refractivity contribution in [3.8, 4) is 0 Å². The Morgan fingerprint density at radius 1 is 1.08 bits per heavy atom. The van der Waals surface area contributed by atoms with E-state index in [0.29, 0.717) is 38.1 Å². The Balaban J connectivity index is 1.46. The lowest BCUT2D eigenvalue weighted by Gasteiger charge is -2.40. The second-order valence-corrected chi connectivity index (χ2v) is 10.1. The molecule has 0 aromatic heterocycles. The third-order valence-corrected chi connectivity index (χ3v) is 6.96. The number of rotatable bonds is 8. The highest BCUT2D eigenvalue weighted by Crippen LogP contribution is 2.47. The smallest absolute Gasteiger partial charge is 0.336 e. The van der Waals surface area contributed by atoms with Crippen LogP contribution >= 0.6 is 0 Å². The number of fused-ring (bicyclic) bond motifs is 2. The number of carbonyl (C=O) groups excluding carboxylic acids is 2. The van der Waals surface area contributed by atoms with Crippen molar-refractivity contribution in [3.05, 3.63) is 77.4 Å². The van der Waals surface area contributed by atoms with Gasteiger partial charge in [-0.2, -0.15) is 0 Å². The fraction of sp³-hybridized carbons (Fsp3) is 0.393. The first kappa shape index (κ1) is 25.6. The number of amides is 2. The van der Waals surface area contributed by atoms with Gasteiger partial charge in [-0.15, -0.1) is 0 Å². The summed E-state index contributed by atoms with van der Waals surface area (Å²) < 4.78 is 5.81. The number of carboxylic acids is 1. The molecule has 0 bridgehead atoms. The molecule has 8 heteroatoms. The topological polar surface area (TPSA) is 122 Å². The van der Waals surface area contributed by atoms with E-state index in [1.807, 2.05) is 60.7 Å².